The van der Waals surface area contributed by atoms with Crippen molar-refractivity contribution in [2.24, 2.45) is 0 Å². The van der Waals surface area contributed by atoms with Gasteiger partial charge in [0.05, 0.1) is 0 Å². The molecule has 0 aliphatic rings. The van der Waals surface area contributed by atoms with Gasteiger partial charge in [-0.1, -0.05) is 26.2 Å². The summed E-state index contributed by atoms with van der Waals surface area (Å²) in [5.74, 6) is 0. The smallest absolute Gasteiger partial charge is 0.238 e. The second-order valence-corrected chi connectivity index (χ2v) is 3.57. The van der Waals surface area contributed by atoms with E-state index in [9.17, 15) is 4.79 Å². The van der Waals surface area contributed by atoms with Gasteiger partial charge in [0, 0.05) is 6.42 Å². The Balaban J connectivity index is 3.18. The van der Waals surface area contributed by atoms with Gasteiger partial charge in [0.1, 0.15) is 0 Å². The van der Waals surface area contributed by atoms with Gasteiger partial charge in [-0.3, -0.25) is 4.79 Å². The summed E-state index contributed by atoms with van der Waals surface area (Å²) in [6.07, 6.45) is 4.35. The molecule has 4 heteroatoms. The van der Waals surface area contributed by atoms with Crippen LogP contribution in [0.25, 0.3) is 0 Å². The van der Waals surface area contributed by atoms with Crippen LogP contribution in [0.3, 0.4) is 0 Å². The van der Waals surface area contributed by atoms with Gasteiger partial charge < -0.3 is 9.79 Å². The predicted octanol–water partition coefficient (Wildman–Crippen LogP) is 1.78. The Morgan fingerprint density at radius 1 is 1.27 bits per heavy atom. The molecule has 0 spiro atoms. The normalized spacial score (nSPS) is 10.5. The summed E-state index contributed by atoms with van der Waals surface area (Å²) in [5.41, 5.74) is -0.406. The van der Waals surface area contributed by atoms with E-state index in [1.54, 1.807) is 0 Å². The molecule has 66 valence electrons. The van der Waals surface area contributed by atoms with Crippen molar-refractivity contribution < 1.29 is 14.6 Å². The molecule has 0 fully saturated rings. The van der Waals surface area contributed by atoms with Crippen molar-refractivity contribution >= 4 is 13.9 Å². The van der Waals surface area contributed by atoms with Gasteiger partial charge in [-0.25, -0.2) is 0 Å². The average Bonchev–Trinajstić information content (AvgIpc) is 1.97. The third-order valence-electron chi connectivity index (χ3n) is 1.47. The SMILES string of the molecule is CCCCCCC(=O)P(O)O. The zero-order valence-electron chi connectivity index (χ0n) is 6.79. The number of hydrogen-bond acceptors (Lipinski definition) is 3. The van der Waals surface area contributed by atoms with Crippen LogP contribution < -0.4 is 0 Å². The molecular formula is C7H15O3P. The molecule has 0 aromatic rings. The molecule has 0 aliphatic heterocycles. The fourth-order valence-corrected chi connectivity index (χ4v) is 1.16. The lowest BCUT2D eigenvalue weighted by Gasteiger charge is -1.99. The van der Waals surface area contributed by atoms with Crippen LogP contribution in [0.15, 0.2) is 0 Å². The van der Waals surface area contributed by atoms with Crippen LogP contribution in [0.5, 0.6) is 0 Å². The van der Waals surface area contributed by atoms with E-state index in [0.29, 0.717) is 6.42 Å². The maximum Gasteiger partial charge on any atom is 0.238 e. The number of rotatable bonds is 6. The zero-order valence-corrected chi connectivity index (χ0v) is 7.68. The van der Waals surface area contributed by atoms with Gasteiger partial charge in [0.2, 0.25) is 13.9 Å². The largest absolute Gasteiger partial charge is 0.345 e. The van der Waals surface area contributed by atoms with Gasteiger partial charge in [-0.05, 0) is 6.42 Å². The topological polar surface area (TPSA) is 57.5 Å². The molecule has 0 bridgehead atoms. The highest BCUT2D eigenvalue weighted by Crippen LogP contribution is 2.26. The number of carbonyl (C=O) groups excluding carboxylic acids is 1. The first kappa shape index (κ1) is 11.0. The lowest BCUT2D eigenvalue weighted by atomic mass is 10.2. The van der Waals surface area contributed by atoms with E-state index in [0.717, 1.165) is 25.7 Å². The highest BCUT2D eigenvalue weighted by atomic mass is 31.2. The summed E-state index contributed by atoms with van der Waals surface area (Å²) >= 11 is 0. The summed E-state index contributed by atoms with van der Waals surface area (Å²) < 4.78 is 0. The Morgan fingerprint density at radius 2 is 1.91 bits per heavy atom. The fourth-order valence-electron chi connectivity index (χ4n) is 0.803. The van der Waals surface area contributed by atoms with Crippen LogP contribution in [-0.4, -0.2) is 15.3 Å². The van der Waals surface area contributed by atoms with Crippen molar-refractivity contribution in [2.75, 3.05) is 0 Å². The van der Waals surface area contributed by atoms with E-state index in [2.05, 4.69) is 6.92 Å². The lowest BCUT2D eigenvalue weighted by Crippen LogP contribution is -1.93. The molecule has 0 unspecified atom stereocenters. The van der Waals surface area contributed by atoms with Crippen LogP contribution in [0.4, 0.5) is 0 Å². The van der Waals surface area contributed by atoms with E-state index in [1.807, 2.05) is 0 Å². The Labute approximate surface area is 68.4 Å². The molecule has 0 saturated heterocycles. The summed E-state index contributed by atoms with van der Waals surface area (Å²) in [5, 5.41) is 0. The molecule has 0 amide bonds. The van der Waals surface area contributed by atoms with Crippen molar-refractivity contribution in [1.82, 2.24) is 0 Å². The minimum atomic E-state index is -2.32. The Bertz CT molecular complexity index is 114. The molecule has 0 aromatic heterocycles. The Hall–Kier alpha value is 0.0200. The van der Waals surface area contributed by atoms with Gasteiger partial charge in [0.25, 0.3) is 0 Å². The monoisotopic (exact) mass is 178 g/mol. The molecular weight excluding hydrogens is 163 g/mol. The standard InChI is InChI=1S/C7H15O3P/c1-2-3-4-5-6-7(8)11(9)10/h9-10H,2-6H2,1H3. The maximum atomic E-state index is 10.6. The van der Waals surface area contributed by atoms with Gasteiger partial charge in [-0.2, -0.15) is 0 Å². The number of carbonyl (C=O) groups is 1. The predicted molar refractivity (Wildman–Crippen MR) is 45.1 cm³/mol. The molecule has 0 radical (unpaired) electrons. The molecule has 2 N–H and O–H groups in total. The quantitative estimate of drug-likeness (QED) is 0.481. The molecule has 0 saturated carbocycles. The first-order valence-electron chi connectivity index (χ1n) is 3.89. The Kier molecular flexibility index (Phi) is 6.73. The van der Waals surface area contributed by atoms with Gasteiger partial charge in [-0.15, -0.1) is 0 Å². The van der Waals surface area contributed by atoms with E-state index >= 15 is 0 Å². The average molecular weight is 178 g/mol. The minimum Gasteiger partial charge on any atom is -0.345 e. The highest BCUT2D eigenvalue weighted by molar-refractivity contribution is 7.64. The van der Waals surface area contributed by atoms with Crippen LogP contribution >= 0.6 is 8.38 Å². The second-order valence-electron chi connectivity index (χ2n) is 2.49. The van der Waals surface area contributed by atoms with E-state index in [1.165, 1.54) is 0 Å². The Morgan fingerprint density at radius 3 is 2.36 bits per heavy atom. The van der Waals surface area contributed by atoms with E-state index < -0.39 is 13.9 Å². The summed E-state index contributed by atoms with van der Waals surface area (Å²) in [6, 6.07) is 0. The van der Waals surface area contributed by atoms with Gasteiger partial charge >= 0.3 is 0 Å². The van der Waals surface area contributed by atoms with Crippen molar-refractivity contribution in [3.63, 3.8) is 0 Å². The fraction of sp³-hybridized carbons (Fsp3) is 0.857. The zero-order chi connectivity index (χ0) is 8.69. The van der Waals surface area contributed by atoms with Crippen molar-refractivity contribution in [3.05, 3.63) is 0 Å². The summed E-state index contributed by atoms with van der Waals surface area (Å²) in [4.78, 5) is 27.5. The molecule has 0 aliphatic carbocycles. The van der Waals surface area contributed by atoms with Gasteiger partial charge in [0.15, 0.2) is 0 Å². The molecule has 0 atom stereocenters. The second kappa shape index (κ2) is 6.71. The highest BCUT2D eigenvalue weighted by Gasteiger charge is 2.10. The molecule has 0 aromatic carbocycles. The first-order valence-corrected chi connectivity index (χ1v) is 5.14. The minimum absolute atomic E-state index is 0.318. The van der Waals surface area contributed by atoms with Crippen molar-refractivity contribution in [3.8, 4) is 0 Å². The summed E-state index contributed by atoms with van der Waals surface area (Å²) in [6.45, 7) is 2.09. The van der Waals surface area contributed by atoms with E-state index in [4.69, 9.17) is 9.79 Å². The molecule has 0 rings (SSSR count). The third kappa shape index (κ3) is 6.42. The summed E-state index contributed by atoms with van der Waals surface area (Å²) in [7, 11) is -2.32. The molecule has 0 heterocycles. The number of unbranched alkanes of at least 4 members (excludes halogenated alkanes) is 3. The van der Waals surface area contributed by atoms with Crippen LogP contribution in [-0.2, 0) is 4.79 Å². The first-order chi connectivity index (χ1) is 5.18. The molecule has 3 nitrogen and oxygen atoms in total. The molecule has 11 heavy (non-hydrogen) atoms. The lowest BCUT2D eigenvalue weighted by molar-refractivity contribution is -0.112. The van der Waals surface area contributed by atoms with Crippen LogP contribution in [0, 0.1) is 0 Å². The van der Waals surface area contributed by atoms with E-state index in [-0.39, 0.29) is 0 Å². The van der Waals surface area contributed by atoms with Crippen LogP contribution in [0.1, 0.15) is 39.0 Å². The van der Waals surface area contributed by atoms with Crippen LogP contribution in [0.2, 0.25) is 0 Å². The maximum absolute atomic E-state index is 10.6. The van der Waals surface area contributed by atoms with Crippen molar-refractivity contribution in [2.45, 2.75) is 39.0 Å². The number of hydrogen-bond donors (Lipinski definition) is 2. The third-order valence-corrected chi connectivity index (χ3v) is 2.14. The van der Waals surface area contributed by atoms with Crippen molar-refractivity contribution in [1.29, 1.82) is 0 Å².